The van der Waals surface area contributed by atoms with Crippen LogP contribution in [0.1, 0.15) is 38.4 Å². The van der Waals surface area contributed by atoms with Gasteiger partial charge in [0.15, 0.2) is 0 Å². The van der Waals surface area contributed by atoms with E-state index in [-0.39, 0.29) is 11.5 Å². The van der Waals surface area contributed by atoms with Crippen LogP contribution >= 0.6 is 11.8 Å². The summed E-state index contributed by atoms with van der Waals surface area (Å²) < 4.78 is 6.04. The number of aromatic nitrogens is 1. The van der Waals surface area contributed by atoms with Gasteiger partial charge in [0.1, 0.15) is 11.6 Å². The van der Waals surface area contributed by atoms with Crippen LogP contribution in [-0.2, 0) is 11.3 Å². The number of rotatable bonds is 6. The van der Waals surface area contributed by atoms with Crippen LogP contribution in [-0.4, -0.2) is 52.4 Å². The summed E-state index contributed by atoms with van der Waals surface area (Å²) in [6.07, 6.45) is 1.10. The van der Waals surface area contributed by atoms with Crippen LogP contribution in [0.25, 0.3) is 0 Å². The Kier molecular flexibility index (Phi) is 7.61. The number of likely N-dealkylation sites (N-methyl/N-ethyl adjacent to an activating group) is 1. The van der Waals surface area contributed by atoms with Crippen molar-refractivity contribution in [3.8, 4) is 5.75 Å². The third kappa shape index (κ3) is 5.46. The molecule has 30 heavy (non-hydrogen) atoms. The third-order valence-electron chi connectivity index (χ3n) is 5.18. The first-order valence-corrected chi connectivity index (χ1v) is 11.5. The second-order valence-corrected chi connectivity index (χ2v) is 8.61. The maximum Gasteiger partial charge on any atom is 0.224 e. The van der Waals surface area contributed by atoms with Gasteiger partial charge in [0.05, 0.1) is 4.90 Å². The molecule has 1 N–H and O–H groups in total. The van der Waals surface area contributed by atoms with E-state index in [0.29, 0.717) is 6.04 Å². The Balaban J connectivity index is 0.00000124. The van der Waals surface area contributed by atoms with Crippen molar-refractivity contribution in [3.05, 3.63) is 47.7 Å². The standard InChI is InChI=1S/C21H26N4O2S.C2H6/c1-14-4-9-19-20(22-14)23-21(28-19)27-18-7-5-16(6-8-18)12-24(3)13-17-10-11-25(17)15(2)26;1-2/h4-9,17,21H,10-13H2,1-3H3,(H,22,23);1-2H3/t17-,21?;/m0./s1. The van der Waals surface area contributed by atoms with Crippen molar-refractivity contribution >= 4 is 23.5 Å². The minimum atomic E-state index is -0.158. The van der Waals surface area contributed by atoms with E-state index in [1.165, 1.54) is 5.56 Å². The van der Waals surface area contributed by atoms with Gasteiger partial charge in [-0.25, -0.2) is 4.98 Å². The molecule has 1 aromatic heterocycles. The molecule has 0 bridgehead atoms. The largest absolute Gasteiger partial charge is 0.461 e. The van der Waals surface area contributed by atoms with E-state index in [9.17, 15) is 4.79 Å². The van der Waals surface area contributed by atoms with Gasteiger partial charge in [-0.1, -0.05) is 37.7 Å². The number of carbonyl (C=O) groups is 1. The zero-order valence-electron chi connectivity index (χ0n) is 18.5. The number of ether oxygens (including phenoxy) is 1. The molecule has 6 nitrogen and oxygen atoms in total. The normalized spacial score (nSPS) is 19.3. The molecule has 0 saturated carbocycles. The third-order valence-corrected chi connectivity index (χ3v) is 6.19. The average molecular weight is 429 g/mol. The molecule has 4 rings (SSSR count). The summed E-state index contributed by atoms with van der Waals surface area (Å²) in [6, 6.07) is 12.7. The molecule has 0 aliphatic carbocycles. The zero-order valence-corrected chi connectivity index (χ0v) is 19.3. The second-order valence-electron chi connectivity index (χ2n) is 7.51. The maximum absolute atomic E-state index is 11.5. The van der Waals surface area contributed by atoms with Gasteiger partial charge in [-0.05, 0) is 50.2 Å². The highest BCUT2D eigenvalue weighted by Crippen LogP contribution is 2.37. The van der Waals surface area contributed by atoms with Crippen molar-refractivity contribution in [1.29, 1.82) is 0 Å². The fourth-order valence-electron chi connectivity index (χ4n) is 3.63. The predicted molar refractivity (Wildman–Crippen MR) is 123 cm³/mol. The number of nitrogens with one attached hydrogen (secondary N) is 1. The van der Waals surface area contributed by atoms with E-state index in [2.05, 4.69) is 40.4 Å². The lowest BCUT2D eigenvalue weighted by atomic mass is 10.0. The lowest BCUT2D eigenvalue weighted by molar-refractivity contribution is -0.137. The van der Waals surface area contributed by atoms with Crippen LogP contribution in [0.2, 0.25) is 0 Å². The highest BCUT2D eigenvalue weighted by atomic mass is 32.2. The maximum atomic E-state index is 11.5. The van der Waals surface area contributed by atoms with E-state index in [1.807, 2.05) is 43.9 Å². The molecule has 3 heterocycles. The lowest BCUT2D eigenvalue weighted by Gasteiger charge is -2.42. The van der Waals surface area contributed by atoms with Crippen LogP contribution in [0.15, 0.2) is 41.3 Å². The Labute approximate surface area is 184 Å². The van der Waals surface area contributed by atoms with Crippen LogP contribution in [0.4, 0.5) is 5.82 Å². The molecule has 1 saturated heterocycles. The Bertz CT molecular complexity index is 859. The Hall–Kier alpha value is -2.25. The van der Waals surface area contributed by atoms with E-state index >= 15 is 0 Å². The summed E-state index contributed by atoms with van der Waals surface area (Å²) in [6.45, 7) is 10.3. The number of hydrogen-bond donors (Lipinski definition) is 1. The first-order chi connectivity index (χ1) is 14.5. The molecule has 2 aliphatic heterocycles. The van der Waals surface area contributed by atoms with Gasteiger partial charge in [0.25, 0.3) is 0 Å². The molecule has 2 aliphatic rings. The Morgan fingerprint density at radius 1 is 1.27 bits per heavy atom. The van der Waals surface area contributed by atoms with Crippen LogP contribution < -0.4 is 10.1 Å². The fourth-order valence-corrected chi connectivity index (χ4v) is 4.55. The molecule has 0 spiro atoms. The van der Waals surface area contributed by atoms with Crippen molar-refractivity contribution in [3.63, 3.8) is 0 Å². The number of hydrogen-bond acceptors (Lipinski definition) is 6. The van der Waals surface area contributed by atoms with E-state index in [4.69, 9.17) is 4.74 Å². The first-order valence-electron chi connectivity index (χ1n) is 10.6. The number of thioether (sulfide) groups is 1. The Morgan fingerprint density at radius 3 is 2.63 bits per heavy atom. The van der Waals surface area contributed by atoms with E-state index < -0.39 is 0 Å². The summed E-state index contributed by atoms with van der Waals surface area (Å²) in [5, 5.41) is 3.31. The molecule has 1 unspecified atom stereocenters. The highest BCUT2D eigenvalue weighted by molar-refractivity contribution is 8.00. The van der Waals surface area contributed by atoms with Gasteiger partial charge < -0.3 is 19.9 Å². The van der Waals surface area contributed by atoms with Gasteiger partial charge in [0, 0.05) is 38.3 Å². The molecular weight excluding hydrogens is 396 g/mol. The first kappa shape index (κ1) is 22.4. The second kappa shape index (κ2) is 10.2. The van der Waals surface area contributed by atoms with Gasteiger partial charge in [-0.3, -0.25) is 4.79 Å². The van der Waals surface area contributed by atoms with E-state index in [1.54, 1.807) is 18.7 Å². The minimum Gasteiger partial charge on any atom is -0.461 e. The number of likely N-dealkylation sites (tertiary alicyclic amines) is 1. The van der Waals surface area contributed by atoms with Crippen molar-refractivity contribution in [2.24, 2.45) is 0 Å². The number of aryl methyl sites for hydroxylation is 1. The number of benzene rings is 1. The van der Waals surface area contributed by atoms with E-state index in [0.717, 1.165) is 48.2 Å². The van der Waals surface area contributed by atoms with Gasteiger partial charge >= 0.3 is 0 Å². The van der Waals surface area contributed by atoms with Gasteiger partial charge in [-0.15, -0.1) is 0 Å². The summed E-state index contributed by atoms with van der Waals surface area (Å²) in [5.41, 5.74) is 2.07. The smallest absolute Gasteiger partial charge is 0.224 e. The van der Waals surface area contributed by atoms with Gasteiger partial charge in [0.2, 0.25) is 11.5 Å². The molecule has 1 fully saturated rings. The quantitative estimate of drug-likeness (QED) is 0.738. The van der Waals surface area contributed by atoms with Crippen LogP contribution in [0.5, 0.6) is 5.75 Å². The summed E-state index contributed by atoms with van der Waals surface area (Å²) in [4.78, 5) is 21.4. The number of carbonyl (C=O) groups excluding carboxylic acids is 1. The summed E-state index contributed by atoms with van der Waals surface area (Å²) in [5.74, 6) is 1.91. The number of pyridine rings is 1. The zero-order chi connectivity index (χ0) is 21.7. The van der Waals surface area contributed by atoms with Crippen molar-refractivity contribution in [2.75, 3.05) is 25.5 Å². The molecule has 2 aromatic rings. The Morgan fingerprint density at radius 2 is 2.00 bits per heavy atom. The topological polar surface area (TPSA) is 57.7 Å². The number of amides is 1. The molecule has 1 amide bonds. The van der Waals surface area contributed by atoms with Crippen LogP contribution in [0, 0.1) is 6.92 Å². The van der Waals surface area contributed by atoms with Gasteiger partial charge in [-0.2, -0.15) is 0 Å². The van der Waals surface area contributed by atoms with Crippen molar-refractivity contribution in [1.82, 2.24) is 14.8 Å². The summed E-state index contributed by atoms with van der Waals surface area (Å²) >= 11 is 1.64. The highest BCUT2D eigenvalue weighted by Gasteiger charge is 2.30. The average Bonchev–Trinajstić information content (AvgIpc) is 3.09. The molecule has 0 radical (unpaired) electrons. The van der Waals surface area contributed by atoms with Crippen LogP contribution in [0.3, 0.4) is 0 Å². The summed E-state index contributed by atoms with van der Waals surface area (Å²) in [7, 11) is 2.10. The molecule has 1 aromatic carbocycles. The van der Waals surface area contributed by atoms with Crippen molar-refractivity contribution < 1.29 is 9.53 Å². The number of nitrogens with zero attached hydrogens (tertiary/aromatic N) is 3. The molecule has 2 atom stereocenters. The molecule has 162 valence electrons. The predicted octanol–water partition coefficient (Wildman–Crippen LogP) is 4.35. The van der Waals surface area contributed by atoms with Crippen molar-refractivity contribution in [2.45, 2.75) is 57.2 Å². The number of fused-ring (bicyclic) bond motifs is 1. The molecular formula is C23H32N4O2S. The SMILES string of the molecule is CC.CC(=O)N1CC[C@H]1CN(C)Cc1ccc(OC2Nc3nc(C)ccc3S2)cc1. The fraction of sp³-hybridized carbons (Fsp3) is 0.478. The number of anilines is 1. The minimum absolute atomic E-state index is 0.158. The molecule has 7 heteroatoms. The monoisotopic (exact) mass is 428 g/mol. The lowest BCUT2D eigenvalue weighted by Crippen LogP contribution is -2.54.